The van der Waals surface area contributed by atoms with Crippen molar-refractivity contribution in [1.82, 2.24) is 9.97 Å². The zero-order valence-corrected chi connectivity index (χ0v) is 16.3. The number of rotatable bonds is 8. The number of carbonyl (C=O) groups is 1. The van der Waals surface area contributed by atoms with Gasteiger partial charge in [0, 0.05) is 37.1 Å². The number of unbranched alkanes of at least 4 members (excludes halogenated alkanes) is 2. The van der Waals surface area contributed by atoms with Gasteiger partial charge in [0.05, 0.1) is 0 Å². The Labute approximate surface area is 161 Å². The van der Waals surface area contributed by atoms with Gasteiger partial charge in [-0.25, -0.2) is 9.97 Å². The third-order valence-electron chi connectivity index (χ3n) is 4.75. The molecule has 0 atom stereocenters. The highest BCUT2D eigenvalue weighted by Crippen LogP contribution is 2.22. The Bertz CT molecular complexity index is 754. The molecule has 1 amide bonds. The van der Waals surface area contributed by atoms with Gasteiger partial charge in [0.25, 0.3) is 5.91 Å². The molecule has 6 heteroatoms. The molecule has 0 bridgehead atoms. The quantitative estimate of drug-likeness (QED) is 0.683. The summed E-state index contributed by atoms with van der Waals surface area (Å²) in [4.78, 5) is 23.6. The van der Waals surface area contributed by atoms with Crippen molar-refractivity contribution in [1.29, 1.82) is 0 Å². The summed E-state index contributed by atoms with van der Waals surface area (Å²) in [5.41, 5.74) is 2.36. The van der Waals surface area contributed by atoms with E-state index in [1.165, 1.54) is 31.4 Å². The van der Waals surface area contributed by atoms with Gasteiger partial charge in [-0.2, -0.15) is 0 Å². The van der Waals surface area contributed by atoms with Crippen LogP contribution < -0.4 is 15.5 Å². The van der Waals surface area contributed by atoms with Crippen LogP contribution in [0.4, 0.5) is 17.2 Å². The Hall–Kier alpha value is -2.63. The third kappa shape index (κ3) is 5.42. The van der Waals surface area contributed by atoms with Crippen LogP contribution in [0.3, 0.4) is 0 Å². The fourth-order valence-corrected chi connectivity index (χ4v) is 3.29. The van der Waals surface area contributed by atoms with Gasteiger partial charge in [0.1, 0.15) is 17.3 Å². The molecule has 1 aromatic heterocycles. The van der Waals surface area contributed by atoms with Crippen LogP contribution in [-0.4, -0.2) is 35.5 Å². The maximum atomic E-state index is 12.6. The van der Waals surface area contributed by atoms with Crippen molar-refractivity contribution >= 4 is 23.1 Å². The zero-order valence-electron chi connectivity index (χ0n) is 16.3. The summed E-state index contributed by atoms with van der Waals surface area (Å²) in [5, 5.41) is 6.21. The number of carbonyl (C=O) groups excluding carboxylic acids is 1. The van der Waals surface area contributed by atoms with E-state index in [0.717, 1.165) is 31.7 Å². The third-order valence-corrected chi connectivity index (χ3v) is 4.75. The molecular weight excluding hydrogens is 338 g/mol. The Morgan fingerprint density at radius 2 is 1.85 bits per heavy atom. The molecule has 0 aliphatic carbocycles. The van der Waals surface area contributed by atoms with E-state index in [4.69, 9.17) is 0 Å². The second-order valence-electron chi connectivity index (χ2n) is 7.01. The lowest BCUT2D eigenvalue weighted by Crippen LogP contribution is -2.18. The molecule has 6 nitrogen and oxygen atoms in total. The summed E-state index contributed by atoms with van der Waals surface area (Å²) in [6, 6.07) is 9.74. The van der Waals surface area contributed by atoms with Crippen LogP contribution in [0.1, 0.15) is 55.3 Å². The van der Waals surface area contributed by atoms with E-state index >= 15 is 0 Å². The number of aromatic nitrogens is 2. The monoisotopic (exact) mass is 367 g/mol. The molecule has 1 fully saturated rings. The first-order valence-electron chi connectivity index (χ1n) is 9.91. The van der Waals surface area contributed by atoms with Crippen LogP contribution in [0.5, 0.6) is 0 Å². The summed E-state index contributed by atoms with van der Waals surface area (Å²) in [6.07, 6.45) is 5.94. The minimum absolute atomic E-state index is 0.217. The van der Waals surface area contributed by atoms with E-state index in [1.54, 1.807) is 13.0 Å². The molecule has 2 heterocycles. The summed E-state index contributed by atoms with van der Waals surface area (Å²) < 4.78 is 0. The van der Waals surface area contributed by atoms with E-state index in [1.807, 2.05) is 12.1 Å². The molecular formula is C21H29N5O. The molecule has 3 rings (SSSR count). The second-order valence-corrected chi connectivity index (χ2v) is 7.01. The molecule has 27 heavy (non-hydrogen) atoms. The topological polar surface area (TPSA) is 70.2 Å². The highest BCUT2D eigenvalue weighted by Gasteiger charge is 2.13. The zero-order chi connectivity index (χ0) is 19.1. The van der Waals surface area contributed by atoms with Gasteiger partial charge in [-0.15, -0.1) is 0 Å². The lowest BCUT2D eigenvalue weighted by Gasteiger charge is -2.17. The van der Waals surface area contributed by atoms with E-state index in [9.17, 15) is 4.79 Å². The number of nitrogens with one attached hydrogen (secondary N) is 2. The van der Waals surface area contributed by atoms with Crippen molar-refractivity contribution in [3.63, 3.8) is 0 Å². The molecule has 1 aromatic carbocycles. The van der Waals surface area contributed by atoms with Gasteiger partial charge in [0.2, 0.25) is 0 Å². The summed E-state index contributed by atoms with van der Waals surface area (Å²) in [6.45, 7) is 7.05. The summed E-state index contributed by atoms with van der Waals surface area (Å²) in [7, 11) is 0. The maximum Gasteiger partial charge on any atom is 0.274 e. The lowest BCUT2D eigenvalue weighted by molar-refractivity contribution is 0.102. The van der Waals surface area contributed by atoms with Crippen molar-refractivity contribution in [3.8, 4) is 0 Å². The van der Waals surface area contributed by atoms with Crippen LogP contribution in [0.15, 0.2) is 30.3 Å². The lowest BCUT2D eigenvalue weighted by atomic mass is 10.2. The number of benzene rings is 1. The first kappa shape index (κ1) is 19.1. The van der Waals surface area contributed by atoms with Gasteiger partial charge in [-0.3, -0.25) is 4.79 Å². The van der Waals surface area contributed by atoms with Gasteiger partial charge < -0.3 is 15.5 Å². The molecule has 1 aliphatic rings. The summed E-state index contributed by atoms with van der Waals surface area (Å²) in [5.74, 6) is 1.07. The van der Waals surface area contributed by atoms with E-state index in [0.29, 0.717) is 17.3 Å². The normalized spacial score (nSPS) is 13.6. The van der Waals surface area contributed by atoms with Crippen LogP contribution in [0, 0.1) is 6.92 Å². The predicted molar refractivity (Wildman–Crippen MR) is 111 cm³/mol. The van der Waals surface area contributed by atoms with Crippen molar-refractivity contribution in [3.05, 3.63) is 41.9 Å². The van der Waals surface area contributed by atoms with Crippen LogP contribution in [-0.2, 0) is 0 Å². The fraction of sp³-hybridized carbons (Fsp3) is 0.476. The highest BCUT2D eigenvalue weighted by atomic mass is 16.1. The molecule has 2 aromatic rings. The fourth-order valence-electron chi connectivity index (χ4n) is 3.29. The van der Waals surface area contributed by atoms with Gasteiger partial charge in [0.15, 0.2) is 0 Å². The average molecular weight is 367 g/mol. The standard InChI is InChI=1S/C21H29N5O/c1-3-4-5-12-22-20-15-19(23-16(2)24-20)21(27)25-17-8-10-18(11-9-17)26-13-6-7-14-26/h8-11,15H,3-7,12-14H2,1-2H3,(H,25,27)(H,22,23,24). The Kier molecular flexibility index (Phi) is 6.63. The second kappa shape index (κ2) is 9.35. The van der Waals surface area contributed by atoms with Crippen LogP contribution >= 0.6 is 0 Å². The van der Waals surface area contributed by atoms with Crippen molar-refractivity contribution < 1.29 is 4.79 Å². The smallest absolute Gasteiger partial charge is 0.274 e. The minimum Gasteiger partial charge on any atom is -0.372 e. The first-order valence-corrected chi connectivity index (χ1v) is 9.91. The van der Waals surface area contributed by atoms with Crippen molar-refractivity contribution in [2.75, 3.05) is 35.2 Å². The molecule has 2 N–H and O–H groups in total. The van der Waals surface area contributed by atoms with Crippen LogP contribution in [0.2, 0.25) is 0 Å². The summed E-state index contributed by atoms with van der Waals surface area (Å²) >= 11 is 0. The Morgan fingerprint density at radius 3 is 2.56 bits per heavy atom. The number of hydrogen-bond donors (Lipinski definition) is 2. The molecule has 0 spiro atoms. The Morgan fingerprint density at radius 1 is 1.11 bits per heavy atom. The van der Waals surface area contributed by atoms with Gasteiger partial charge >= 0.3 is 0 Å². The van der Waals surface area contributed by atoms with Gasteiger partial charge in [-0.05, 0) is 50.5 Å². The molecule has 0 radical (unpaired) electrons. The number of hydrogen-bond acceptors (Lipinski definition) is 5. The molecule has 1 saturated heterocycles. The van der Waals surface area contributed by atoms with Crippen molar-refractivity contribution in [2.24, 2.45) is 0 Å². The van der Waals surface area contributed by atoms with E-state index in [-0.39, 0.29) is 5.91 Å². The molecule has 0 unspecified atom stereocenters. The molecule has 1 aliphatic heterocycles. The number of amides is 1. The van der Waals surface area contributed by atoms with E-state index in [2.05, 4.69) is 44.6 Å². The molecule has 144 valence electrons. The number of aryl methyl sites for hydroxylation is 1. The maximum absolute atomic E-state index is 12.6. The van der Waals surface area contributed by atoms with E-state index < -0.39 is 0 Å². The predicted octanol–water partition coefficient (Wildman–Crippen LogP) is 4.24. The SMILES string of the molecule is CCCCCNc1cc(C(=O)Nc2ccc(N3CCCC3)cc2)nc(C)n1. The molecule has 0 saturated carbocycles. The first-order chi connectivity index (χ1) is 13.2. The van der Waals surface area contributed by atoms with Crippen LogP contribution in [0.25, 0.3) is 0 Å². The van der Waals surface area contributed by atoms with Gasteiger partial charge in [-0.1, -0.05) is 19.8 Å². The number of nitrogens with zero attached hydrogens (tertiary/aromatic N) is 3. The Balaban J connectivity index is 1.62. The minimum atomic E-state index is -0.217. The van der Waals surface area contributed by atoms with Crippen molar-refractivity contribution in [2.45, 2.75) is 46.0 Å². The average Bonchev–Trinajstić information content (AvgIpc) is 3.20. The largest absolute Gasteiger partial charge is 0.372 e. The highest BCUT2D eigenvalue weighted by molar-refractivity contribution is 6.03. The number of anilines is 3.